The van der Waals surface area contributed by atoms with Gasteiger partial charge in [-0.05, 0) is 74.4 Å². The zero-order valence-corrected chi connectivity index (χ0v) is 14.3. The molecule has 0 aliphatic heterocycles. The highest BCUT2D eigenvalue weighted by Gasteiger charge is 2.22. The van der Waals surface area contributed by atoms with E-state index in [1.807, 2.05) is 12.1 Å². The Morgan fingerprint density at radius 3 is 2.50 bits per heavy atom. The second-order valence-corrected chi connectivity index (χ2v) is 6.55. The number of rotatable bonds is 4. The van der Waals surface area contributed by atoms with E-state index in [4.69, 9.17) is 4.74 Å². The van der Waals surface area contributed by atoms with Gasteiger partial charge >= 0.3 is 0 Å². The average Bonchev–Trinajstić information content (AvgIpc) is 2.60. The number of fused-ring (bicyclic) bond motifs is 1. The third kappa shape index (κ3) is 3.31. The number of halogens is 2. The Kier molecular flexibility index (Phi) is 5.17. The van der Waals surface area contributed by atoms with Gasteiger partial charge in [-0.25, -0.2) is 4.39 Å². The Bertz CT molecular complexity index is 743. The lowest BCUT2D eigenvalue weighted by atomic mass is 9.78. The summed E-state index contributed by atoms with van der Waals surface area (Å²) in [5.74, 6) is -0.611. The molecule has 0 saturated heterocycles. The lowest BCUT2D eigenvalue weighted by Gasteiger charge is -2.27. The van der Waals surface area contributed by atoms with Crippen molar-refractivity contribution in [2.24, 2.45) is 5.92 Å². The molecule has 0 aromatic heterocycles. The van der Waals surface area contributed by atoms with Crippen LogP contribution in [0.25, 0.3) is 10.8 Å². The van der Waals surface area contributed by atoms with Gasteiger partial charge < -0.3 is 4.74 Å². The molecule has 2 aromatic carbocycles. The third-order valence-electron chi connectivity index (χ3n) is 5.02. The van der Waals surface area contributed by atoms with E-state index in [1.54, 1.807) is 13.0 Å². The van der Waals surface area contributed by atoms with Gasteiger partial charge in [0.15, 0.2) is 11.6 Å². The van der Waals surface area contributed by atoms with Crippen LogP contribution in [-0.2, 0) is 0 Å². The van der Waals surface area contributed by atoms with Crippen LogP contribution < -0.4 is 4.74 Å². The predicted octanol–water partition coefficient (Wildman–Crippen LogP) is 6.37. The molecule has 1 nitrogen and oxygen atoms in total. The van der Waals surface area contributed by atoms with Gasteiger partial charge in [0.05, 0.1) is 6.61 Å². The number of benzene rings is 2. The molecule has 3 heteroatoms. The minimum Gasteiger partial charge on any atom is -0.491 e. The Morgan fingerprint density at radius 2 is 1.83 bits per heavy atom. The fraction of sp³-hybridized carbons (Fsp3) is 0.429. The first-order chi connectivity index (χ1) is 11.6. The van der Waals surface area contributed by atoms with E-state index in [1.165, 1.54) is 0 Å². The van der Waals surface area contributed by atoms with Gasteiger partial charge in [0.2, 0.25) is 5.82 Å². The molecule has 1 aliphatic carbocycles. The summed E-state index contributed by atoms with van der Waals surface area (Å²) in [5, 5.41) is 1.03. The standard InChI is InChI=1S/C21H24F2O/c1-3-5-14-6-8-15(9-7-14)16-10-11-17-13-19(24-4-2)21(23)20(22)18(17)12-16/h3,5,10-15H,4,6-9H2,1-2H3/b5-3+. The molecule has 0 unspecified atom stereocenters. The van der Waals surface area contributed by atoms with Crippen LogP contribution in [0.15, 0.2) is 36.4 Å². The van der Waals surface area contributed by atoms with Crippen LogP contribution in [0.5, 0.6) is 5.75 Å². The van der Waals surface area contributed by atoms with Gasteiger partial charge in [0.1, 0.15) is 0 Å². The monoisotopic (exact) mass is 330 g/mol. The molecular weight excluding hydrogens is 306 g/mol. The quantitative estimate of drug-likeness (QED) is 0.592. The second kappa shape index (κ2) is 7.33. The van der Waals surface area contributed by atoms with Crippen molar-refractivity contribution in [3.05, 3.63) is 53.6 Å². The maximum Gasteiger partial charge on any atom is 0.201 e. The largest absolute Gasteiger partial charge is 0.491 e. The van der Waals surface area contributed by atoms with Gasteiger partial charge in [-0.1, -0.05) is 24.3 Å². The molecule has 0 amide bonds. The van der Waals surface area contributed by atoms with Crippen molar-refractivity contribution in [2.45, 2.75) is 45.4 Å². The molecule has 3 rings (SSSR count). The second-order valence-electron chi connectivity index (χ2n) is 6.55. The van der Waals surface area contributed by atoms with Crippen LogP contribution in [-0.4, -0.2) is 6.61 Å². The lowest BCUT2D eigenvalue weighted by Crippen LogP contribution is -2.11. The van der Waals surface area contributed by atoms with Crippen molar-refractivity contribution < 1.29 is 13.5 Å². The van der Waals surface area contributed by atoms with Gasteiger partial charge in [0.25, 0.3) is 0 Å². The summed E-state index contributed by atoms with van der Waals surface area (Å²) in [5.41, 5.74) is 1.11. The molecule has 0 heterocycles. The van der Waals surface area contributed by atoms with Crippen LogP contribution in [0.3, 0.4) is 0 Å². The van der Waals surface area contributed by atoms with E-state index in [-0.39, 0.29) is 5.75 Å². The van der Waals surface area contributed by atoms with E-state index in [2.05, 4.69) is 25.1 Å². The van der Waals surface area contributed by atoms with Crippen LogP contribution in [0.4, 0.5) is 8.78 Å². The van der Waals surface area contributed by atoms with Crippen LogP contribution >= 0.6 is 0 Å². The molecular formula is C21H24F2O. The summed E-state index contributed by atoms with van der Waals surface area (Å²) in [6.45, 7) is 4.13. The Hall–Kier alpha value is -1.90. The molecule has 0 atom stereocenters. The van der Waals surface area contributed by atoms with E-state index in [0.717, 1.165) is 31.2 Å². The minimum absolute atomic E-state index is 0.0119. The number of hydrogen-bond donors (Lipinski definition) is 0. The molecule has 0 radical (unpaired) electrons. The zero-order chi connectivity index (χ0) is 17.1. The van der Waals surface area contributed by atoms with Crippen molar-refractivity contribution in [2.75, 3.05) is 6.61 Å². The zero-order valence-electron chi connectivity index (χ0n) is 14.3. The summed E-state index contributed by atoms with van der Waals surface area (Å²) in [6.07, 6.45) is 8.92. The maximum absolute atomic E-state index is 14.4. The van der Waals surface area contributed by atoms with E-state index in [0.29, 0.717) is 29.2 Å². The van der Waals surface area contributed by atoms with Crippen molar-refractivity contribution in [3.63, 3.8) is 0 Å². The highest BCUT2D eigenvalue weighted by atomic mass is 19.2. The average molecular weight is 330 g/mol. The molecule has 128 valence electrons. The topological polar surface area (TPSA) is 9.23 Å². The molecule has 2 aromatic rings. The normalized spacial score (nSPS) is 21.5. The number of allylic oxidation sites excluding steroid dienone is 2. The van der Waals surface area contributed by atoms with E-state index in [9.17, 15) is 8.78 Å². The Morgan fingerprint density at radius 1 is 1.08 bits per heavy atom. The maximum atomic E-state index is 14.4. The number of ether oxygens (including phenoxy) is 1. The summed E-state index contributed by atoms with van der Waals surface area (Å²) >= 11 is 0. The van der Waals surface area contributed by atoms with Crippen molar-refractivity contribution in [1.82, 2.24) is 0 Å². The smallest absolute Gasteiger partial charge is 0.201 e. The first kappa shape index (κ1) is 16.9. The molecule has 0 bridgehead atoms. The van der Waals surface area contributed by atoms with Crippen molar-refractivity contribution >= 4 is 10.8 Å². The SMILES string of the molecule is C/C=C/C1CCC(c2ccc3cc(OCC)c(F)c(F)c3c2)CC1. The summed E-state index contributed by atoms with van der Waals surface area (Å²) in [4.78, 5) is 0. The highest BCUT2D eigenvalue weighted by Crippen LogP contribution is 2.38. The fourth-order valence-corrected chi connectivity index (χ4v) is 3.75. The molecule has 1 saturated carbocycles. The first-order valence-corrected chi connectivity index (χ1v) is 8.81. The van der Waals surface area contributed by atoms with Crippen LogP contribution in [0.1, 0.15) is 51.0 Å². The molecule has 0 N–H and O–H groups in total. The summed E-state index contributed by atoms with van der Waals surface area (Å²) < 4.78 is 33.7. The summed E-state index contributed by atoms with van der Waals surface area (Å²) in [6, 6.07) is 7.35. The van der Waals surface area contributed by atoms with Crippen LogP contribution in [0, 0.1) is 17.6 Å². The van der Waals surface area contributed by atoms with E-state index >= 15 is 0 Å². The van der Waals surface area contributed by atoms with E-state index < -0.39 is 11.6 Å². The fourth-order valence-electron chi connectivity index (χ4n) is 3.75. The Labute approximate surface area is 142 Å². The van der Waals surface area contributed by atoms with Gasteiger partial charge in [-0.15, -0.1) is 0 Å². The van der Waals surface area contributed by atoms with Gasteiger partial charge in [0, 0.05) is 5.39 Å². The molecule has 24 heavy (non-hydrogen) atoms. The minimum atomic E-state index is -0.890. The van der Waals surface area contributed by atoms with Crippen LogP contribution in [0.2, 0.25) is 0 Å². The predicted molar refractivity (Wildman–Crippen MR) is 94.5 cm³/mol. The van der Waals surface area contributed by atoms with Gasteiger partial charge in [-0.3, -0.25) is 0 Å². The molecule has 0 spiro atoms. The van der Waals surface area contributed by atoms with Crippen molar-refractivity contribution in [1.29, 1.82) is 0 Å². The summed E-state index contributed by atoms with van der Waals surface area (Å²) in [7, 11) is 0. The third-order valence-corrected chi connectivity index (χ3v) is 5.02. The first-order valence-electron chi connectivity index (χ1n) is 8.81. The molecule has 1 fully saturated rings. The molecule has 1 aliphatic rings. The van der Waals surface area contributed by atoms with Crippen molar-refractivity contribution in [3.8, 4) is 5.75 Å². The lowest BCUT2D eigenvalue weighted by molar-refractivity contribution is 0.315. The highest BCUT2D eigenvalue weighted by molar-refractivity contribution is 5.85. The number of hydrogen-bond acceptors (Lipinski definition) is 1. The Balaban J connectivity index is 1.89. The van der Waals surface area contributed by atoms with Gasteiger partial charge in [-0.2, -0.15) is 4.39 Å².